The molecule has 1 aromatic carbocycles. The molecule has 0 amide bonds. The van der Waals surface area contributed by atoms with E-state index in [9.17, 15) is 13.2 Å². The van der Waals surface area contributed by atoms with Gasteiger partial charge >= 0.3 is 6.18 Å². The normalized spacial score (nSPS) is 16.7. The second-order valence-corrected chi connectivity index (χ2v) is 7.18. The summed E-state index contributed by atoms with van der Waals surface area (Å²) in [5, 5.41) is 11.1. The van der Waals surface area contributed by atoms with Crippen molar-refractivity contribution in [1.29, 1.82) is 0 Å². The van der Waals surface area contributed by atoms with Crippen molar-refractivity contribution in [1.82, 2.24) is 25.4 Å². The van der Waals surface area contributed by atoms with Crippen molar-refractivity contribution in [3.8, 4) is 5.75 Å². The number of alkyl halides is 3. The third kappa shape index (κ3) is 7.12. The summed E-state index contributed by atoms with van der Waals surface area (Å²) in [5.74, 6) is 2.49. The van der Waals surface area contributed by atoms with Crippen LogP contribution < -0.4 is 15.4 Å². The highest BCUT2D eigenvalue weighted by atomic mass is 19.4. The number of hydrogen-bond donors (Lipinski definition) is 2. The van der Waals surface area contributed by atoms with E-state index in [1.807, 2.05) is 11.6 Å². The fourth-order valence-electron chi connectivity index (χ4n) is 3.21. The zero-order valence-corrected chi connectivity index (χ0v) is 17.6. The van der Waals surface area contributed by atoms with Crippen LogP contribution in [-0.2, 0) is 30.9 Å². The maximum absolute atomic E-state index is 12.2. The van der Waals surface area contributed by atoms with E-state index < -0.39 is 12.8 Å². The molecule has 0 bridgehead atoms. The van der Waals surface area contributed by atoms with Crippen molar-refractivity contribution in [3.05, 3.63) is 41.5 Å². The average Bonchev–Trinajstić information content (AvgIpc) is 3.13. The fourth-order valence-corrected chi connectivity index (χ4v) is 3.21. The molecule has 1 aliphatic heterocycles. The summed E-state index contributed by atoms with van der Waals surface area (Å²) in [7, 11) is 1.62. The Labute approximate surface area is 178 Å². The van der Waals surface area contributed by atoms with Crippen LogP contribution in [0.1, 0.15) is 30.6 Å². The molecule has 170 valence electrons. The third-order valence-corrected chi connectivity index (χ3v) is 4.61. The van der Waals surface area contributed by atoms with Crippen LogP contribution in [0.5, 0.6) is 5.75 Å². The summed E-state index contributed by atoms with van der Waals surface area (Å²) >= 11 is 0. The van der Waals surface area contributed by atoms with Crippen LogP contribution in [0.25, 0.3) is 0 Å². The minimum absolute atomic E-state index is 0.153. The summed E-state index contributed by atoms with van der Waals surface area (Å²) in [6.07, 6.45) is -2.64. The number of nitrogens with one attached hydrogen (secondary N) is 2. The standard InChI is InChI=1S/C20H27F3N6O2/c1-3-24-19(25-10-14-4-7-16(8-5-14)31-13-20(21,22)23)26-15-6-9-18-27-17(12-30-2)28-29(18)11-15/h4-5,7-8,15H,3,6,9-13H2,1-2H3,(H2,24,25,26). The number of guanidine groups is 1. The second kappa shape index (κ2) is 10.5. The zero-order chi connectivity index (χ0) is 22.3. The van der Waals surface area contributed by atoms with E-state index in [-0.39, 0.29) is 11.8 Å². The number of ether oxygens (including phenoxy) is 2. The highest BCUT2D eigenvalue weighted by Gasteiger charge is 2.28. The van der Waals surface area contributed by atoms with Crippen LogP contribution in [-0.4, -0.2) is 53.2 Å². The quantitative estimate of drug-likeness (QED) is 0.485. The number of aromatic nitrogens is 3. The van der Waals surface area contributed by atoms with Gasteiger partial charge in [-0.1, -0.05) is 12.1 Å². The zero-order valence-electron chi connectivity index (χ0n) is 17.6. The summed E-state index contributed by atoms with van der Waals surface area (Å²) in [5.41, 5.74) is 0.864. The molecule has 1 unspecified atom stereocenters. The maximum atomic E-state index is 12.2. The molecule has 0 spiro atoms. The number of benzene rings is 1. The number of halogens is 3. The first kappa shape index (κ1) is 22.9. The molecule has 31 heavy (non-hydrogen) atoms. The van der Waals surface area contributed by atoms with Crippen molar-refractivity contribution in [2.75, 3.05) is 20.3 Å². The van der Waals surface area contributed by atoms with Gasteiger partial charge in [-0.3, -0.25) is 0 Å². The molecule has 2 N–H and O–H groups in total. The Morgan fingerprint density at radius 3 is 2.74 bits per heavy atom. The van der Waals surface area contributed by atoms with Gasteiger partial charge in [0.2, 0.25) is 0 Å². The number of methoxy groups -OCH3 is 1. The Hall–Kier alpha value is -2.82. The molecule has 8 nitrogen and oxygen atoms in total. The predicted molar refractivity (Wildman–Crippen MR) is 109 cm³/mol. The molecular formula is C20H27F3N6O2. The first-order valence-electron chi connectivity index (χ1n) is 10.1. The topological polar surface area (TPSA) is 85.6 Å². The minimum atomic E-state index is -4.35. The minimum Gasteiger partial charge on any atom is -0.484 e. The van der Waals surface area contributed by atoms with Gasteiger partial charge in [0.15, 0.2) is 18.4 Å². The van der Waals surface area contributed by atoms with Crippen molar-refractivity contribution in [2.24, 2.45) is 4.99 Å². The SMILES string of the molecule is CCNC(=NCc1ccc(OCC(F)(F)F)cc1)NC1CCc2nc(COC)nn2C1. The van der Waals surface area contributed by atoms with E-state index >= 15 is 0 Å². The Balaban J connectivity index is 1.56. The monoisotopic (exact) mass is 440 g/mol. The number of rotatable bonds is 8. The molecule has 3 rings (SSSR count). The maximum Gasteiger partial charge on any atom is 0.422 e. The molecule has 2 heterocycles. The Morgan fingerprint density at radius 2 is 2.06 bits per heavy atom. The van der Waals surface area contributed by atoms with Crippen molar-refractivity contribution in [2.45, 2.75) is 51.7 Å². The number of aryl methyl sites for hydroxylation is 1. The van der Waals surface area contributed by atoms with E-state index in [0.29, 0.717) is 38.0 Å². The van der Waals surface area contributed by atoms with Gasteiger partial charge in [0.1, 0.15) is 18.2 Å². The van der Waals surface area contributed by atoms with Crippen LogP contribution in [0, 0.1) is 0 Å². The van der Waals surface area contributed by atoms with Gasteiger partial charge in [0.25, 0.3) is 0 Å². The van der Waals surface area contributed by atoms with Gasteiger partial charge in [-0.25, -0.2) is 14.7 Å². The molecule has 1 aromatic heterocycles. The molecule has 2 aromatic rings. The molecule has 0 fully saturated rings. The highest BCUT2D eigenvalue weighted by molar-refractivity contribution is 5.80. The number of aliphatic imine (C=N–C) groups is 1. The number of hydrogen-bond acceptors (Lipinski definition) is 5. The van der Waals surface area contributed by atoms with Crippen LogP contribution in [0.15, 0.2) is 29.3 Å². The molecule has 0 saturated heterocycles. The molecule has 1 aliphatic rings. The van der Waals surface area contributed by atoms with E-state index in [1.165, 1.54) is 12.1 Å². The lowest BCUT2D eigenvalue weighted by atomic mass is 10.1. The van der Waals surface area contributed by atoms with Gasteiger partial charge in [-0.05, 0) is 31.0 Å². The summed E-state index contributed by atoms with van der Waals surface area (Å²) in [6.45, 7) is 2.84. The summed E-state index contributed by atoms with van der Waals surface area (Å²) < 4.78 is 48.5. The van der Waals surface area contributed by atoms with Gasteiger partial charge in [0.05, 0.1) is 13.1 Å². The lowest BCUT2D eigenvalue weighted by Crippen LogP contribution is -2.47. The molecular weight excluding hydrogens is 413 g/mol. The smallest absolute Gasteiger partial charge is 0.422 e. The van der Waals surface area contributed by atoms with Gasteiger partial charge in [-0.15, -0.1) is 0 Å². The number of nitrogens with zero attached hydrogens (tertiary/aromatic N) is 4. The Kier molecular flexibility index (Phi) is 7.72. The molecule has 0 aliphatic carbocycles. The Bertz CT molecular complexity index is 867. The molecule has 0 radical (unpaired) electrons. The second-order valence-electron chi connectivity index (χ2n) is 7.18. The van der Waals surface area contributed by atoms with Gasteiger partial charge in [0, 0.05) is 26.1 Å². The van der Waals surface area contributed by atoms with Crippen LogP contribution in [0.3, 0.4) is 0 Å². The van der Waals surface area contributed by atoms with Crippen LogP contribution in [0.4, 0.5) is 13.2 Å². The molecule has 0 saturated carbocycles. The number of fused-ring (bicyclic) bond motifs is 1. The van der Waals surface area contributed by atoms with Gasteiger partial charge < -0.3 is 20.1 Å². The summed E-state index contributed by atoms with van der Waals surface area (Å²) in [4.78, 5) is 9.07. The molecule has 1 atom stereocenters. The lowest BCUT2D eigenvalue weighted by molar-refractivity contribution is -0.153. The van der Waals surface area contributed by atoms with Crippen LogP contribution in [0.2, 0.25) is 0 Å². The molecule has 11 heteroatoms. The highest BCUT2D eigenvalue weighted by Crippen LogP contribution is 2.19. The predicted octanol–water partition coefficient (Wildman–Crippen LogP) is 2.44. The van der Waals surface area contributed by atoms with Crippen molar-refractivity contribution in [3.63, 3.8) is 0 Å². The third-order valence-electron chi connectivity index (χ3n) is 4.61. The van der Waals surface area contributed by atoms with Crippen LogP contribution >= 0.6 is 0 Å². The first-order valence-corrected chi connectivity index (χ1v) is 10.1. The van der Waals surface area contributed by atoms with E-state index in [2.05, 4.69) is 25.7 Å². The first-order chi connectivity index (χ1) is 14.9. The summed E-state index contributed by atoms with van der Waals surface area (Å²) in [6, 6.07) is 6.60. The van der Waals surface area contributed by atoms with Gasteiger partial charge in [-0.2, -0.15) is 18.3 Å². The van der Waals surface area contributed by atoms with E-state index in [1.54, 1.807) is 19.2 Å². The van der Waals surface area contributed by atoms with Crippen molar-refractivity contribution >= 4 is 5.96 Å². The van der Waals surface area contributed by atoms with E-state index in [0.717, 1.165) is 24.2 Å². The largest absolute Gasteiger partial charge is 0.484 e. The average molecular weight is 440 g/mol. The van der Waals surface area contributed by atoms with E-state index in [4.69, 9.17) is 9.47 Å². The lowest BCUT2D eigenvalue weighted by Gasteiger charge is -2.25. The Morgan fingerprint density at radius 1 is 1.29 bits per heavy atom. The fraction of sp³-hybridized carbons (Fsp3) is 0.550. The van der Waals surface area contributed by atoms with Crippen molar-refractivity contribution < 1.29 is 22.6 Å².